The molecule has 0 spiro atoms. The van der Waals surface area contributed by atoms with Crippen LogP contribution in [0.3, 0.4) is 0 Å². The van der Waals surface area contributed by atoms with E-state index in [0.29, 0.717) is 25.8 Å². The lowest BCUT2D eigenvalue weighted by molar-refractivity contribution is -0.144. The summed E-state index contributed by atoms with van der Waals surface area (Å²) in [6.45, 7) is 1.02. The number of nitrogens with one attached hydrogen (secondary N) is 1. The number of nitrogens with two attached hydrogens (primary N) is 3. The molecule has 1 aromatic rings. The molecule has 0 fully saturated rings. The Kier molecular flexibility index (Phi) is 8.88. The minimum Gasteiger partial charge on any atom is -0.480 e. The lowest BCUT2D eigenvalue weighted by atomic mass is 10.1. The number of carbonyl (C=O) groups excluding carboxylic acids is 1. The fourth-order valence-corrected chi connectivity index (χ4v) is 2.50. The van der Waals surface area contributed by atoms with Gasteiger partial charge in [-0.1, -0.05) is 6.42 Å². The van der Waals surface area contributed by atoms with Crippen LogP contribution in [0.5, 0.6) is 0 Å². The third kappa shape index (κ3) is 8.03. The van der Waals surface area contributed by atoms with E-state index in [1.165, 1.54) is 13.1 Å². The van der Waals surface area contributed by atoms with E-state index in [2.05, 4.69) is 9.98 Å². The largest absolute Gasteiger partial charge is 0.480 e. The molecule has 0 aliphatic heterocycles. The average molecular weight is 397 g/mol. The van der Waals surface area contributed by atoms with Crippen molar-refractivity contribution in [2.45, 2.75) is 38.8 Å². The van der Waals surface area contributed by atoms with Gasteiger partial charge in [0.15, 0.2) is 5.96 Å². The number of carboxylic acids is 1. The second-order valence-corrected chi connectivity index (χ2v) is 6.43. The zero-order valence-corrected chi connectivity index (χ0v) is 15.8. The highest BCUT2D eigenvalue weighted by Crippen LogP contribution is 2.03. The molecule has 8 N–H and O–H groups in total. The summed E-state index contributed by atoms with van der Waals surface area (Å²) in [6.07, 6.45) is 3.19. The molecule has 0 aliphatic rings. The van der Waals surface area contributed by atoms with Gasteiger partial charge in [0.05, 0.1) is 0 Å². The van der Waals surface area contributed by atoms with Crippen LogP contribution in [0, 0.1) is 6.92 Å². The van der Waals surface area contributed by atoms with E-state index in [4.69, 9.17) is 22.3 Å². The Bertz CT molecular complexity index is 825. The molecule has 0 bridgehead atoms. The van der Waals surface area contributed by atoms with Crippen LogP contribution < -0.4 is 28.5 Å². The average Bonchev–Trinajstić information content (AvgIpc) is 2.58. The maximum atomic E-state index is 12.5. The maximum Gasteiger partial charge on any atom is 0.328 e. The summed E-state index contributed by atoms with van der Waals surface area (Å²) in [7, 11) is 0. The number of guanidine groups is 1. The summed E-state index contributed by atoms with van der Waals surface area (Å²) in [5, 5.41) is 9.06. The molecule has 12 heteroatoms. The minimum atomic E-state index is -1.20. The summed E-state index contributed by atoms with van der Waals surface area (Å²) in [4.78, 5) is 53.8. The highest BCUT2D eigenvalue weighted by molar-refractivity contribution is 5.81. The predicted octanol–water partition coefficient (Wildman–Crippen LogP) is -2.47. The number of aliphatic carboxylic acids is 1. The van der Waals surface area contributed by atoms with Crippen LogP contribution in [0.4, 0.5) is 0 Å². The summed E-state index contributed by atoms with van der Waals surface area (Å²) in [5.41, 5.74) is 15.4. The van der Waals surface area contributed by atoms with Gasteiger partial charge in [-0.2, -0.15) is 0 Å². The molecule has 156 valence electrons. The van der Waals surface area contributed by atoms with Crippen molar-refractivity contribution in [1.82, 2.24) is 14.5 Å². The van der Waals surface area contributed by atoms with Crippen LogP contribution in [0.25, 0.3) is 0 Å². The second kappa shape index (κ2) is 10.9. The van der Waals surface area contributed by atoms with E-state index in [1.54, 1.807) is 0 Å². The van der Waals surface area contributed by atoms with Gasteiger partial charge >= 0.3 is 11.7 Å². The topological polar surface area (TPSA) is 203 Å². The van der Waals surface area contributed by atoms with Crippen molar-refractivity contribution >= 4 is 17.8 Å². The maximum absolute atomic E-state index is 12.5. The quantitative estimate of drug-likeness (QED) is 0.153. The first-order chi connectivity index (χ1) is 13.1. The van der Waals surface area contributed by atoms with E-state index in [1.807, 2.05) is 0 Å². The molecule has 1 aromatic heterocycles. The number of carboxylic acid groups (broad SMARTS) is 1. The monoisotopic (exact) mass is 397 g/mol. The van der Waals surface area contributed by atoms with Crippen LogP contribution in [-0.4, -0.2) is 63.1 Å². The van der Waals surface area contributed by atoms with Gasteiger partial charge in [-0.25, -0.2) is 4.79 Å². The Morgan fingerprint density at radius 1 is 1.32 bits per heavy atom. The van der Waals surface area contributed by atoms with E-state index in [0.717, 1.165) is 9.47 Å². The van der Waals surface area contributed by atoms with Crippen molar-refractivity contribution in [3.8, 4) is 0 Å². The summed E-state index contributed by atoms with van der Waals surface area (Å²) < 4.78 is 1.02. The standard InChI is InChI=1S/C16H27N7O5/c1-10-6-23(16(28)21-14(10)27)8-12(24)22(9-13(25)26)7-11(17)4-2-3-5-20-15(18)19/h6,11H,2-5,7-9,17H2,1H3,(H,25,26)(H4,18,19,20)(H,21,27,28)/t11-/m0/s1. The second-order valence-electron chi connectivity index (χ2n) is 6.43. The predicted molar refractivity (Wildman–Crippen MR) is 103 cm³/mol. The summed E-state index contributed by atoms with van der Waals surface area (Å²) >= 11 is 0. The first kappa shape index (κ1) is 22.9. The lowest BCUT2D eigenvalue weighted by Crippen LogP contribution is -2.46. The normalized spacial score (nSPS) is 11.6. The number of hydrogen-bond donors (Lipinski definition) is 5. The zero-order valence-electron chi connectivity index (χ0n) is 15.8. The Morgan fingerprint density at radius 2 is 2.00 bits per heavy atom. The molecule has 0 unspecified atom stereocenters. The lowest BCUT2D eigenvalue weighted by Gasteiger charge is -2.24. The van der Waals surface area contributed by atoms with Gasteiger partial charge in [0, 0.05) is 30.9 Å². The van der Waals surface area contributed by atoms with Crippen LogP contribution in [0.1, 0.15) is 24.8 Å². The molecule has 1 amide bonds. The Balaban J connectivity index is 2.71. The van der Waals surface area contributed by atoms with Gasteiger partial charge in [-0.05, 0) is 19.8 Å². The molecular weight excluding hydrogens is 370 g/mol. The smallest absolute Gasteiger partial charge is 0.328 e. The van der Waals surface area contributed by atoms with Gasteiger partial charge in [-0.15, -0.1) is 0 Å². The summed E-state index contributed by atoms with van der Waals surface area (Å²) in [5.74, 6) is -1.78. The Labute approximate surface area is 161 Å². The number of H-pyrrole nitrogens is 1. The van der Waals surface area contributed by atoms with Crippen LogP contribution >= 0.6 is 0 Å². The molecule has 0 saturated heterocycles. The van der Waals surface area contributed by atoms with Crippen molar-refractivity contribution in [1.29, 1.82) is 0 Å². The van der Waals surface area contributed by atoms with Crippen LogP contribution in [-0.2, 0) is 16.1 Å². The van der Waals surface area contributed by atoms with Gasteiger partial charge in [0.25, 0.3) is 5.56 Å². The number of carbonyl (C=O) groups is 2. The number of unbranched alkanes of at least 4 members (excludes halogenated alkanes) is 1. The van der Waals surface area contributed by atoms with Gasteiger partial charge < -0.3 is 27.2 Å². The number of aromatic amines is 1. The molecule has 1 heterocycles. The van der Waals surface area contributed by atoms with E-state index >= 15 is 0 Å². The van der Waals surface area contributed by atoms with Crippen molar-refractivity contribution in [3.63, 3.8) is 0 Å². The molecule has 0 aliphatic carbocycles. The van der Waals surface area contributed by atoms with Crippen molar-refractivity contribution < 1.29 is 14.7 Å². The fraction of sp³-hybridized carbons (Fsp3) is 0.562. The number of hydrogen-bond acceptors (Lipinski definition) is 6. The first-order valence-electron chi connectivity index (χ1n) is 8.71. The molecule has 1 atom stereocenters. The van der Waals surface area contributed by atoms with E-state index in [-0.39, 0.29) is 18.1 Å². The number of rotatable bonds is 11. The van der Waals surface area contributed by atoms with Crippen LogP contribution in [0.2, 0.25) is 0 Å². The highest BCUT2D eigenvalue weighted by atomic mass is 16.4. The van der Waals surface area contributed by atoms with Crippen molar-refractivity contribution in [2.24, 2.45) is 22.2 Å². The number of aliphatic imine (C=N–C) groups is 1. The van der Waals surface area contributed by atoms with Crippen molar-refractivity contribution in [2.75, 3.05) is 19.6 Å². The van der Waals surface area contributed by atoms with Crippen molar-refractivity contribution in [3.05, 3.63) is 32.6 Å². The minimum absolute atomic E-state index is 0.00950. The van der Waals surface area contributed by atoms with E-state index < -0.39 is 42.3 Å². The SMILES string of the molecule is Cc1cn(CC(=O)N(CC(=O)O)C[C@@H](N)CCCCN=C(N)N)c(=O)[nH]c1=O. The van der Waals surface area contributed by atoms with Gasteiger partial charge in [0.2, 0.25) is 5.91 Å². The van der Waals surface area contributed by atoms with E-state index in [9.17, 15) is 19.2 Å². The number of amides is 1. The number of aromatic nitrogens is 2. The van der Waals surface area contributed by atoms with Gasteiger partial charge in [0.1, 0.15) is 13.1 Å². The molecule has 0 saturated carbocycles. The molecular formula is C16H27N7O5. The van der Waals surface area contributed by atoms with Gasteiger partial charge in [-0.3, -0.25) is 28.9 Å². The molecule has 28 heavy (non-hydrogen) atoms. The molecule has 1 rings (SSSR count). The number of nitrogens with zero attached hydrogens (tertiary/aromatic N) is 3. The summed E-state index contributed by atoms with van der Waals surface area (Å²) in [6, 6.07) is -0.448. The third-order valence-corrected chi connectivity index (χ3v) is 3.91. The highest BCUT2D eigenvalue weighted by Gasteiger charge is 2.20. The Morgan fingerprint density at radius 3 is 2.61 bits per heavy atom. The molecule has 12 nitrogen and oxygen atoms in total. The zero-order chi connectivity index (χ0) is 21.3. The Hall–Kier alpha value is -3.15. The fourth-order valence-electron chi connectivity index (χ4n) is 2.50. The molecule has 0 aromatic carbocycles. The van der Waals surface area contributed by atoms with Crippen LogP contribution in [0.15, 0.2) is 20.8 Å². The first-order valence-corrected chi connectivity index (χ1v) is 8.71. The third-order valence-electron chi connectivity index (χ3n) is 3.91. The molecule has 0 radical (unpaired) electrons. The number of aryl methyl sites for hydroxylation is 1.